The molecule has 1 saturated heterocycles. The molecule has 6 heteroatoms. The van der Waals surface area contributed by atoms with E-state index in [1.54, 1.807) is 17.0 Å². The molecule has 2 N–H and O–H groups in total. The minimum atomic E-state index is -0.708. The average Bonchev–Trinajstić information content (AvgIpc) is 2.52. The van der Waals surface area contributed by atoms with Crippen molar-refractivity contribution in [3.8, 4) is 0 Å². The summed E-state index contributed by atoms with van der Waals surface area (Å²) in [5.41, 5.74) is 7.24. The van der Waals surface area contributed by atoms with E-state index in [9.17, 15) is 9.59 Å². The zero-order valence-electron chi connectivity index (χ0n) is 12.2. The topological polar surface area (TPSA) is 81.9 Å². The number of nitrogens with zero attached hydrogens (tertiary/aromatic N) is 1. The van der Waals surface area contributed by atoms with E-state index in [-0.39, 0.29) is 18.4 Å². The van der Waals surface area contributed by atoms with Crippen LogP contribution < -0.4 is 5.73 Å². The fraction of sp³-hybridized carbons (Fsp3) is 0.467. The third-order valence-electron chi connectivity index (χ3n) is 3.62. The van der Waals surface area contributed by atoms with Crippen LogP contribution >= 0.6 is 0 Å². The van der Waals surface area contributed by atoms with Crippen LogP contribution in [0.15, 0.2) is 24.3 Å². The zero-order valence-corrected chi connectivity index (χ0v) is 12.2. The van der Waals surface area contributed by atoms with Gasteiger partial charge in [-0.2, -0.15) is 0 Å². The number of amides is 1. The Morgan fingerprint density at radius 3 is 2.90 bits per heavy atom. The summed E-state index contributed by atoms with van der Waals surface area (Å²) in [6.45, 7) is 2.85. The van der Waals surface area contributed by atoms with Crippen molar-refractivity contribution in [2.24, 2.45) is 0 Å². The van der Waals surface area contributed by atoms with Crippen molar-refractivity contribution in [1.82, 2.24) is 4.90 Å². The molecule has 114 valence electrons. The molecule has 2 rings (SSSR count). The lowest BCUT2D eigenvalue weighted by molar-refractivity contribution is -0.162. The van der Waals surface area contributed by atoms with E-state index in [2.05, 4.69) is 4.74 Å². The first-order chi connectivity index (χ1) is 10.0. The minimum absolute atomic E-state index is 0.0437. The maximum atomic E-state index is 12.5. The summed E-state index contributed by atoms with van der Waals surface area (Å²) < 4.78 is 9.99. The third kappa shape index (κ3) is 3.52. The van der Waals surface area contributed by atoms with Gasteiger partial charge >= 0.3 is 5.97 Å². The normalized spacial score (nSPS) is 19.9. The highest BCUT2D eigenvalue weighted by atomic mass is 16.6. The molecule has 2 atom stereocenters. The highest BCUT2D eigenvalue weighted by Crippen LogP contribution is 2.21. The molecule has 1 aromatic carbocycles. The number of nitrogen functional groups attached to an aromatic ring is 1. The monoisotopic (exact) mass is 292 g/mol. The lowest BCUT2D eigenvalue weighted by atomic mass is 9.98. The van der Waals surface area contributed by atoms with Crippen molar-refractivity contribution >= 4 is 17.6 Å². The number of carbonyl (C=O) groups excluding carboxylic acids is 2. The van der Waals surface area contributed by atoms with Gasteiger partial charge in [0.2, 0.25) is 5.91 Å². The summed E-state index contributed by atoms with van der Waals surface area (Å²) in [4.78, 5) is 25.7. The number of benzene rings is 1. The summed E-state index contributed by atoms with van der Waals surface area (Å²) in [7, 11) is 1.31. The van der Waals surface area contributed by atoms with Crippen LogP contribution in [-0.2, 0) is 19.1 Å². The highest BCUT2D eigenvalue weighted by molar-refractivity contribution is 5.84. The molecule has 0 spiro atoms. The maximum absolute atomic E-state index is 12.5. The van der Waals surface area contributed by atoms with Crippen molar-refractivity contribution < 1.29 is 19.1 Å². The van der Waals surface area contributed by atoms with Gasteiger partial charge in [0, 0.05) is 12.2 Å². The number of ether oxygens (including phenoxy) is 2. The Balaban J connectivity index is 2.07. The van der Waals surface area contributed by atoms with Gasteiger partial charge in [-0.05, 0) is 24.6 Å². The molecule has 1 heterocycles. The molecule has 0 bridgehead atoms. The van der Waals surface area contributed by atoms with E-state index in [0.29, 0.717) is 18.8 Å². The lowest BCUT2D eigenvalue weighted by Crippen LogP contribution is -2.49. The third-order valence-corrected chi connectivity index (χ3v) is 3.62. The predicted molar refractivity (Wildman–Crippen MR) is 77.6 cm³/mol. The van der Waals surface area contributed by atoms with Crippen LogP contribution in [0.25, 0.3) is 0 Å². The largest absolute Gasteiger partial charge is 0.467 e. The molecular formula is C15H20N2O4. The van der Waals surface area contributed by atoms with E-state index in [4.69, 9.17) is 10.5 Å². The molecular weight excluding hydrogens is 272 g/mol. The van der Waals surface area contributed by atoms with Gasteiger partial charge in [0.15, 0.2) is 6.10 Å². The summed E-state index contributed by atoms with van der Waals surface area (Å²) >= 11 is 0. The number of rotatable bonds is 3. The second kappa shape index (κ2) is 6.58. The fourth-order valence-corrected chi connectivity index (χ4v) is 2.37. The Hall–Kier alpha value is -2.08. The lowest BCUT2D eigenvalue weighted by Gasteiger charge is -2.33. The number of morpholine rings is 1. The van der Waals surface area contributed by atoms with Gasteiger partial charge < -0.3 is 20.1 Å². The summed E-state index contributed by atoms with van der Waals surface area (Å²) in [6.07, 6.45) is -0.708. The molecule has 1 amide bonds. The van der Waals surface area contributed by atoms with Gasteiger partial charge in [-0.15, -0.1) is 0 Å². The summed E-state index contributed by atoms with van der Waals surface area (Å²) in [5.74, 6) is -0.813. The number of hydrogen-bond acceptors (Lipinski definition) is 5. The van der Waals surface area contributed by atoms with Crippen molar-refractivity contribution in [2.45, 2.75) is 18.9 Å². The molecule has 2 unspecified atom stereocenters. The number of carbonyl (C=O) groups is 2. The Bertz CT molecular complexity index is 532. The van der Waals surface area contributed by atoms with Crippen LogP contribution in [0.2, 0.25) is 0 Å². The second-order valence-electron chi connectivity index (χ2n) is 5.06. The summed E-state index contributed by atoms with van der Waals surface area (Å²) in [6, 6.07) is 7.27. The number of methoxy groups -OCH3 is 1. The Kier molecular flexibility index (Phi) is 4.80. The van der Waals surface area contributed by atoms with Crippen LogP contribution in [0, 0.1) is 0 Å². The van der Waals surface area contributed by atoms with E-state index in [0.717, 1.165) is 5.56 Å². The smallest absolute Gasteiger partial charge is 0.336 e. The molecule has 0 saturated carbocycles. The molecule has 0 aromatic heterocycles. The maximum Gasteiger partial charge on any atom is 0.336 e. The number of nitrogens with two attached hydrogens (primary N) is 1. The Morgan fingerprint density at radius 1 is 1.48 bits per heavy atom. The second-order valence-corrected chi connectivity index (χ2v) is 5.06. The molecule has 0 radical (unpaired) electrons. The quantitative estimate of drug-likeness (QED) is 0.657. The van der Waals surface area contributed by atoms with Crippen LogP contribution in [0.3, 0.4) is 0 Å². The molecule has 1 aliphatic rings. The van der Waals surface area contributed by atoms with Gasteiger partial charge in [0.1, 0.15) is 0 Å². The fourth-order valence-electron chi connectivity index (χ4n) is 2.37. The molecule has 1 fully saturated rings. The molecule has 1 aliphatic heterocycles. The van der Waals surface area contributed by atoms with Crippen LogP contribution in [0.1, 0.15) is 18.4 Å². The van der Waals surface area contributed by atoms with Gasteiger partial charge in [0.25, 0.3) is 0 Å². The van der Waals surface area contributed by atoms with E-state index < -0.39 is 12.1 Å². The predicted octanol–water partition coefficient (Wildman–Crippen LogP) is 0.773. The summed E-state index contributed by atoms with van der Waals surface area (Å²) in [5, 5.41) is 0. The van der Waals surface area contributed by atoms with Crippen molar-refractivity contribution in [2.75, 3.05) is 32.5 Å². The number of esters is 1. The number of anilines is 1. The SMILES string of the molecule is COC(=O)C1CN(C(=O)C(C)c2cccc(N)c2)CCO1. The minimum Gasteiger partial charge on any atom is -0.467 e. The molecule has 1 aromatic rings. The van der Waals surface area contributed by atoms with Crippen molar-refractivity contribution in [3.05, 3.63) is 29.8 Å². The first-order valence-electron chi connectivity index (χ1n) is 6.86. The van der Waals surface area contributed by atoms with Gasteiger partial charge in [0.05, 0.1) is 26.2 Å². The Morgan fingerprint density at radius 2 is 2.24 bits per heavy atom. The van der Waals surface area contributed by atoms with Gasteiger partial charge in [-0.1, -0.05) is 12.1 Å². The van der Waals surface area contributed by atoms with Gasteiger partial charge in [-0.3, -0.25) is 4.79 Å². The van der Waals surface area contributed by atoms with Crippen molar-refractivity contribution in [1.29, 1.82) is 0 Å². The first-order valence-corrected chi connectivity index (χ1v) is 6.86. The molecule has 21 heavy (non-hydrogen) atoms. The van der Waals surface area contributed by atoms with Crippen molar-refractivity contribution in [3.63, 3.8) is 0 Å². The van der Waals surface area contributed by atoms with E-state index in [1.807, 2.05) is 19.1 Å². The highest BCUT2D eigenvalue weighted by Gasteiger charge is 2.32. The average molecular weight is 292 g/mol. The van der Waals surface area contributed by atoms with Gasteiger partial charge in [-0.25, -0.2) is 4.79 Å². The zero-order chi connectivity index (χ0) is 15.4. The molecule has 0 aliphatic carbocycles. The van der Waals surface area contributed by atoms with E-state index in [1.165, 1.54) is 7.11 Å². The molecule has 6 nitrogen and oxygen atoms in total. The van der Waals surface area contributed by atoms with Crippen LogP contribution in [0.4, 0.5) is 5.69 Å². The standard InChI is InChI=1S/C15H20N2O4/c1-10(11-4-3-5-12(16)8-11)14(18)17-6-7-21-13(9-17)15(19)20-2/h3-5,8,10,13H,6-7,9,16H2,1-2H3. The Labute approximate surface area is 123 Å². The van der Waals surface area contributed by atoms with E-state index >= 15 is 0 Å². The number of hydrogen-bond donors (Lipinski definition) is 1. The van der Waals surface area contributed by atoms with Crippen LogP contribution in [0.5, 0.6) is 0 Å². The first kappa shape index (κ1) is 15.3. The van der Waals surface area contributed by atoms with Crippen LogP contribution in [-0.4, -0.2) is 49.7 Å².